The molecule has 1 aromatic heterocycles. The van der Waals surface area contributed by atoms with E-state index in [9.17, 15) is 9.59 Å². The highest BCUT2D eigenvalue weighted by Crippen LogP contribution is 2.28. The third kappa shape index (κ3) is 1.92. The van der Waals surface area contributed by atoms with Crippen molar-refractivity contribution in [3.8, 4) is 0 Å². The van der Waals surface area contributed by atoms with Crippen molar-refractivity contribution in [1.29, 1.82) is 0 Å². The summed E-state index contributed by atoms with van der Waals surface area (Å²) in [7, 11) is 0. The summed E-state index contributed by atoms with van der Waals surface area (Å²) in [4.78, 5) is 28.6. The molecule has 0 unspecified atom stereocenters. The van der Waals surface area contributed by atoms with Crippen LogP contribution in [0.25, 0.3) is 11.0 Å². The number of amides is 1. The maximum Gasteiger partial charge on any atom is 0.323 e. The summed E-state index contributed by atoms with van der Waals surface area (Å²) in [5.41, 5.74) is 6.69. The zero-order chi connectivity index (χ0) is 13.5. The standard InChI is InChI=1S/C12H14N4O3/c13-4-12(5-19-6-12)10(17)14-7-1-2-8-9(3-7)16-11(18)15-8/h1-3H,4-6,13H2,(H,14,17)(H2,15,16,18). The van der Waals surface area contributed by atoms with Gasteiger partial charge in [0, 0.05) is 12.2 Å². The van der Waals surface area contributed by atoms with Gasteiger partial charge in [0.1, 0.15) is 5.41 Å². The monoisotopic (exact) mass is 262 g/mol. The zero-order valence-electron chi connectivity index (χ0n) is 10.2. The van der Waals surface area contributed by atoms with Crippen molar-refractivity contribution in [2.75, 3.05) is 25.1 Å². The largest absolute Gasteiger partial charge is 0.379 e. The topological polar surface area (TPSA) is 113 Å². The predicted octanol–water partition coefficient (Wildman–Crippen LogP) is -0.230. The van der Waals surface area contributed by atoms with E-state index in [0.717, 1.165) is 0 Å². The van der Waals surface area contributed by atoms with Gasteiger partial charge in [-0.15, -0.1) is 0 Å². The number of imidazole rings is 1. The average Bonchev–Trinajstić information content (AvgIpc) is 2.67. The maximum absolute atomic E-state index is 12.1. The van der Waals surface area contributed by atoms with Crippen molar-refractivity contribution in [2.24, 2.45) is 11.1 Å². The van der Waals surface area contributed by atoms with Crippen LogP contribution in [-0.2, 0) is 9.53 Å². The van der Waals surface area contributed by atoms with Gasteiger partial charge in [-0.3, -0.25) is 4.79 Å². The summed E-state index contributed by atoms with van der Waals surface area (Å²) >= 11 is 0. The smallest absolute Gasteiger partial charge is 0.323 e. The third-order valence-corrected chi connectivity index (χ3v) is 3.40. The summed E-state index contributed by atoms with van der Waals surface area (Å²) in [5, 5.41) is 2.80. The Hall–Kier alpha value is -2.12. The second-order valence-electron chi connectivity index (χ2n) is 4.77. The van der Waals surface area contributed by atoms with E-state index < -0.39 is 5.41 Å². The quantitative estimate of drug-likeness (QED) is 0.612. The van der Waals surface area contributed by atoms with Gasteiger partial charge in [0.15, 0.2) is 0 Å². The second kappa shape index (κ2) is 4.22. The van der Waals surface area contributed by atoms with Crippen molar-refractivity contribution < 1.29 is 9.53 Å². The van der Waals surface area contributed by atoms with E-state index in [1.807, 2.05) is 0 Å². The Balaban J connectivity index is 1.84. The van der Waals surface area contributed by atoms with Crippen molar-refractivity contribution >= 4 is 22.6 Å². The highest BCUT2D eigenvalue weighted by molar-refractivity contribution is 5.97. The molecule has 0 atom stereocenters. The first-order chi connectivity index (χ1) is 9.13. The van der Waals surface area contributed by atoms with Crippen LogP contribution in [0.3, 0.4) is 0 Å². The molecule has 1 aliphatic rings. The molecular weight excluding hydrogens is 248 g/mol. The fraction of sp³-hybridized carbons (Fsp3) is 0.333. The predicted molar refractivity (Wildman–Crippen MR) is 69.9 cm³/mol. The van der Waals surface area contributed by atoms with Gasteiger partial charge in [-0.05, 0) is 18.2 Å². The molecule has 2 aromatic rings. The van der Waals surface area contributed by atoms with Gasteiger partial charge in [0.25, 0.3) is 0 Å². The lowest BCUT2D eigenvalue weighted by atomic mass is 9.85. The molecule has 1 aromatic carbocycles. The number of benzene rings is 1. The molecule has 0 bridgehead atoms. The minimum Gasteiger partial charge on any atom is -0.379 e. The van der Waals surface area contributed by atoms with E-state index >= 15 is 0 Å². The lowest BCUT2D eigenvalue weighted by Crippen LogP contribution is -2.56. The molecular formula is C12H14N4O3. The molecule has 1 aliphatic heterocycles. The molecule has 1 fully saturated rings. The van der Waals surface area contributed by atoms with Crippen molar-refractivity contribution in [3.63, 3.8) is 0 Å². The van der Waals surface area contributed by atoms with E-state index in [2.05, 4.69) is 15.3 Å². The Labute approximate surface area is 108 Å². The first-order valence-electron chi connectivity index (χ1n) is 5.94. The van der Waals surface area contributed by atoms with Crippen molar-refractivity contribution in [2.45, 2.75) is 0 Å². The molecule has 5 N–H and O–H groups in total. The molecule has 1 saturated heterocycles. The number of anilines is 1. The zero-order valence-corrected chi connectivity index (χ0v) is 10.2. The van der Waals surface area contributed by atoms with Crippen LogP contribution in [0.5, 0.6) is 0 Å². The van der Waals surface area contributed by atoms with Crippen LogP contribution in [-0.4, -0.2) is 35.6 Å². The van der Waals surface area contributed by atoms with E-state index in [1.54, 1.807) is 18.2 Å². The molecule has 0 aliphatic carbocycles. The van der Waals surface area contributed by atoms with Crippen LogP contribution in [0.2, 0.25) is 0 Å². The van der Waals surface area contributed by atoms with Gasteiger partial charge >= 0.3 is 5.69 Å². The van der Waals surface area contributed by atoms with Gasteiger partial charge in [-0.1, -0.05) is 0 Å². The normalized spacial score (nSPS) is 17.1. The number of hydrogen-bond donors (Lipinski definition) is 4. The number of carbonyl (C=O) groups excluding carboxylic acids is 1. The number of rotatable bonds is 3. The molecule has 7 heteroatoms. The third-order valence-electron chi connectivity index (χ3n) is 3.40. The summed E-state index contributed by atoms with van der Waals surface area (Å²) < 4.78 is 5.07. The summed E-state index contributed by atoms with van der Waals surface area (Å²) in [6, 6.07) is 5.16. The summed E-state index contributed by atoms with van der Waals surface area (Å²) in [5.74, 6) is -0.154. The van der Waals surface area contributed by atoms with Gasteiger partial charge in [-0.25, -0.2) is 4.79 Å². The molecule has 19 heavy (non-hydrogen) atoms. The Morgan fingerprint density at radius 3 is 2.74 bits per heavy atom. The van der Waals surface area contributed by atoms with Crippen LogP contribution in [0.15, 0.2) is 23.0 Å². The van der Waals surface area contributed by atoms with Crippen LogP contribution in [0, 0.1) is 5.41 Å². The van der Waals surface area contributed by atoms with E-state index in [-0.39, 0.29) is 18.1 Å². The first kappa shape index (κ1) is 11.9. The molecule has 0 spiro atoms. The van der Waals surface area contributed by atoms with Gasteiger partial charge in [0.05, 0.1) is 24.2 Å². The van der Waals surface area contributed by atoms with E-state index in [0.29, 0.717) is 29.9 Å². The SMILES string of the molecule is NCC1(C(=O)Nc2ccc3[nH]c(=O)[nH]c3c2)COC1. The summed E-state index contributed by atoms with van der Waals surface area (Å²) in [6.45, 7) is 0.944. The number of hydrogen-bond acceptors (Lipinski definition) is 4. The maximum atomic E-state index is 12.1. The molecule has 3 rings (SSSR count). The van der Waals surface area contributed by atoms with Crippen molar-refractivity contribution in [3.05, 3.63) is 28.7 Å². The van der Waals surface area contributed by atoms with Crippen molar-refractivity contribution in [1.82, 2.24) is 9.97 Å². The lowest BCUT2D eigenvalue weighted by Gasteiger charge is -2.38. The summed E-state index contributed by atoms with van der Waals surface area (Å²) in [6.07, 6.45) is 0. The fourth-order valence-electron chi connectivity index (χ4n) is 2.06. The Morgan fingerprint density at radius 1 is 1.37 bits per heavy atom. The van der Waals surface area contributed by atoms with E-state index in [4.69, 9.17) is 10.5 Å². The number of H-pyrrole nitrogens is 2. The molecule has 100 valence electrons. The molecule has 0 radical (unpaired) electrons. The minimum absolute atomic E-state index is 0.154. The van der Waals surface area contributed by atoms with Crippen LogP contribution < -0.4 is 16.7 Å². The number of aromatic amines is 2. The lowest BCUT2D eigenvalue weighted by molar-refractivity contribution is -0.153. The highest BCUT2D eigenvalue weighted by atomic mass is 16.5. The number of fused-ring (bicyclic) bond motifs is 1. The Kier molecular flexibility index (Phi) is 2.65. The fourth-order valence-corrected chi connectivity index (χ4v) is 2.06. The Bertz CT molecular complexity index is 678. The number of ether oxygens (including phenoxy) is 1. The average molecular weight is 262 g/mol. The van der Waals surface area contributed by atoms with Gasteiger partial charge < -0.3 is 25.8 Å². The Morgan fingerprint density at radius 2 is 2.11 bits per heavy atom. The van der Waals surface area contributed by atoms with E-state index in [1.165, 1.54) is 0 Å². The number of nitrogens with two attached hydrogens (primary N) is 1. The number of nitrogens with one attached hydrogen (secondary N) is 3. The first-order valence-corrected chi connectivity index (χ1v) is 5.94. The molecule has 0 saturated carbocycles. The van der Waals surface area contributed by atoms with Gasteiger partial charge in [0.2, 0.25) is 5.91 Å². The van der Waals surface area contributed by atoms with Crippen LogP contribution in [0.1, 0.15) is 0 Å². The second-order valence-corrected chi connectivity index (χ2v) is 4.77. The number of aromatic nitrogens is 2. The van der Waals surface area contributed by atoms with Gasteiger partial charge in [-0.2, -0.15) is 0 Å². The molecule has 7 nitrogen and oxygen atoms in total. The highest BCUT2D eigenvalue weighted by Gasteiger charge is 2.44. The molecule has 1 amide bonds. The minimum atomic E-state index is -0.624. The number of carbonyl (C=O) groups is 1. The molecule has 2 heterocycles. The van der Waals surface area contributed by atoms with Crippen LogP contribution >= 0.6 is 0 Å². The van der Waals surface area contributed by atoms with Crippen LogP contribution in [0.4, 0.5) is 5.69 Å².